The first-order chi connectivity index (χ1) is 15.1. The van der Waals surface area contributed by atoms with E-state index in [9.17, 15) is 4.39 Å². The minimum absolute atomic E-state index is 0.227. The predicted molar refractivity (Wildman–Crippen MR) is 121 cm³/mol. The fourth-order valence-electron chi connectivity index (χ4n) is 3.24. The van der Waals surface area contributed by atoms with Gasteiger partial charge in [-0.25, -0.2) is 4.39 Å². The number of benzene rings is 3. The fraction of sp³-hybridized carbons (Fsp3) is 0.167. The maximum atomic E-state index is 14.1. The minimum Gasteiger partial charge on any atom is -0.497 e. The lowest BCUT2D eigenvalue weighted by atomic mass is 10.1. The Morgan fingerprint density at radius 1 is 0.903 bits per heavy atom. The number of rotatable bonds is 7. The molecule has 0 saturated carbocycles. The molecule has 0 N–H and O–H groups in total. The average Bonchev–Trinajstić information content (AvgIpc) is 3.22. The van der Waals surface area contributed by atoms with Gasteiger partial charge in [0.05, 0.1) is 14.2 Å². The molecule has 0 saturated heterocycles. The van der Waals surface area contributed by atoms with E-state index in [1.807, 2.05) is 54.0 Å². The Morgan fingerprint density at radius 3 is 2.32 bits per heavy atom. The zero-order valence-electron chi connectivity index (χ0n) is 17.5. The molecule has 4 rings (SSSR count). The second-order valence-electron chi connectivity index (χ2n) is 6.96. The molecule has 7 heteroatoms. The average molecular weight is 436 g/mol. The van der Waals surface area contributed by atoms with Crippen LogP contribution in [0.1, 0.15) is 11.1 Å². The molecule has 0 amide bonds. The Kier molecular flexibility index (Phi) is 6.23. The molecule has 0 aliphatic carbocycles. The zero-order valence-corrected chi connectivity index (χ0v) is 18.3. The Morgan fingerprint density at radius 2 is 1.65 bits per heavy atom. The van der Waals surface area contributed by atoms with Crippen molar-refractivity contribution in [1.29, 1.82) is 0 Å². The summed E-state index contributed by atoms with van der Waals surface area (Å²) >= 11 is 1.44. The molecule has 0 atom stereocenters. The molecule has 3 aromatic carbocycles. The van der Waals surface area contributed by atoms with Crippen LogP contribution in [0.15, 0.2) is 71.9 Å². The highest BCUT2D eigenvalue weighted by Gasteiger charge is 2.18. The number of aromatic nitrogens is 3. The SMILES string of the molecule is COc1cc(OC)cc(-c2nnc(SCc3ccccc3F)n2-c2cccc(C)c2)c1. The Balaban J connectivity index is 1.80. The first-order valence-corrected chi connectivity index (χ1v) is 10.7. The number of hydrogen-bond donors (Lipinski definition) is 0. The van der Waals surface area contributed by atoms with Crippen LogP contribution < -0.4 is 9.47 Å². The van der Waals surface area contributed by atoms with Gasteiger partial charge >= 0.3 is 0 Å². The van der Waals surface area contributed by atoms with E-state index in [-0.39, 0.29) is 5.82 Å². The summed E-state index contributed by atoms with van der Waals surface area (Å²) in [4.78, 5) is 0. The number of nitrogens with zero attached hydrogens (tertiary/aromatic N) is 3. The van der Waals surface area contributed by atoms with Crippen LogP contribution in [0, 0.1) is 12.7 Å². The molecular formula is C24H22FN3O2S. The van der Waals surface area contributed by atoms with Crippen molar-refractivity contribution < 1.29 is 13.9 Å². The summed E-state index contributed by atoms with van der Waals surface area (Å²) in [5.74, 6) is 2.19. The van der Waals surface area contributed by atoms with Gasteiger partial charge in [-0.15, -0.1) is 10.2 Å². The number of methoxy groups -OCH3 is 2. The predicted octanol–water partition coefficient (Wildman–Crippen LogP) is 5.69. The van der Waals surface area contributed by atoms with Gasteiger partial charge in [0.2, 0.25) is 0 Å². The van der Waals surface area contributed by atoms with Crippen molar-refractivity contribution in [1.82, 2.24) is 14.8 Å². The standard InChI is InChI=1S/C24H22FN3O2S/c1-16-7-6-9-19(11-16)28-23(18-12-20(29-2)14-21(13-18)30-3)26-27-24(28)31-15-17-8-4-5-10-22(17)25/h4-14H,15H2,1-3H3. The highest BCUT2D eigenvalue weighted by Crippen LogP contribution is 2.34. The molecule has 0 spiro atoms. The maximum Gasteiger partial charge on any atom is 0.196 e. The van der Waals surface area contributed by atoms with Crippen LogP contribution >= 0.6 is 11.8 Å². The van der Waals surface area contributed by atoms with Gasteiger partial charge in [0.25, 0.3) is 0 Å². The summed E-state index contributed by atoms with van der Waals surface area (Å²) in [6.45, 7) is 2.04. The van der Waals surface area contributed by atoms with Crippen molar-refractivity contribution >= 4 is 11.8 Å². The van der Waals surface area contributed by atoms with Crippen LogP contribution in [-0.4, -0.2) is 29.0 Å². The largest absolute Gasteiger partial charge is 0.497 e. The summed E-state index contributed by atoms with van der Waals surface area (Å²) < 4.78 is 26.9. The molecule has 0 aliphatic rings. The summed E-state index contributed by atoms with van der Waals surface area (Å²) in [7, 11) is 3.22. The lowest BCUT2D eigenvalue weighted by molar-refractivity contribution is 0.394. The highest BCUT2D eigenvalue weighted by atomic mass is 32.2. The van der Waals surface area contributed by atoms with Gasteiger partial charge in [-0.05, 0) is 48.4 Å². The second kappa shape index (κ2) is 9.22. The van der Waals surface area contributed by atoms with Crippen molar-refractivity contribution in [3.8, 4) is 28.6 Å². The van der Waals surface area contributed by atoms with Crippen molar-refractivity contribution in [2.24, 2.45) is 0 Å². The molecule has 0 unspecified atom stereocenters. The van der Waals surface area contributed by atoms with Crippen molar-refractivity contribution in [2.45, 2.75) is 17.8 Å². The van der Waals surface area contributed by atoms with Crippen molar-refractivity contribution in [3.63, 3.8) is 0 Å². The Hall–Kier alpha value is -3.32. The van der Waals surface area contributed by atoms with E-state index in [4.69, 9.17) is 9.47 Å². The van der Waals surface area contributed by atoms with E-state index in [1.54, 1.807) is 26.4 Å². The summed E-state index contributed by atoms with van der Waals surface area (Å²) in [6.07, 6.45) is 0. The van der Waals surface area contributed by atoms with E-state index in [0.717, 1.165) is 16.8 Å². The van der Waals surface area contributed by atoms with Crippen LogP contribution in [0.2, 0.25) is 0 Å². The molecule has 5 nitrogen and oxygen atoms in total. The van der Waals surface area contributed by atoms with E-state index >= 15 is 0 Å². The second-order valence-corrected chi connectivity index (χ2v) is 7.90. The Labute approximate surface area is 184 Å². The number of hydrogen-bond acceptors (Lipinski definition) is 5. The first-order valence-electron chi connectivity index (χ1n) is 9.71. The lowest BCUT2D eigenvalue weighted by Crippen LogP contribution is -2.01. The molecule has 0 aliphatic heterocycles. The van der Waals surface area contributed by atoms with Crippen LogP contribution in [0.5, 0.6) is 11.5 Å². The van der Waals surface area contributed by atoms with Crippen LogP contribution in [0.4, 0.5) is 4.39 Å². The molecular weight excluding hydrogens is 413 g/mol. The molecule has 31 heavy (non-hydrogen) atoms. The fourth-order valence-corrected chi connectivity index (χ4v) is 4.18. The van der Waals surface area contributed by atoms with E-state index < -0.39 is 0 Å². The number of halogens is 1. The number of ether oxygens (including phenoxy) is 2. The monoisotopic (exact) mass is 435 g/mol. The van der Waals surface area contributed by atoms with E-state index in [2.05, 4.69) is 16.3 Å². The topological polar surface area (TPSA) is 49.2 Å². The molecule has 158 valence electrons. The van der Waals surface area contributed by atoms with E-state index in [0.29, 0.717) is 33.8 Å². The summed E-state index contributed by atoms with van der Waals surface area (Å²) in [5, 5.41) is 9.56. The van der Waals surface area contributed by atoms with Gasteiger partial charge in [0, 0.05) is 23.1 Å². The van der Waals surface area contributed by atoms with Gasteiger partial charge in [-0.1, -0.05) is 42.1 Å². The molecule has 0 bridgehead atoms. The van der Waals surface area contributed by atoms with Crippen molar-refractivity contribution in [2.75, 3.05) is 14.2 Å². The third kappa shape index (κ3) is 4.56. The van der Waals surface area contributed by atoms with Crippen LogP contribution in [0.25, 0.3) is 17.1 Å². The third-order valence-electron chi connectivity index (χ3n) is 4.82. The van der Waals surface area contributed by atoms with Gasteiger partial charge in [-0.3, -0.25) is 4.57 Å². The molecule has 4 aromatic rings. The zero-order chi connectivity index (χ0) is 21.8. The van der Waals surface area contributed by atoms with Gasteiger partial charge in [0.1, 0.15) is 17.3 Å². The smallest absolute Gasteiger partial charge is 0.196 e. The number of aryl methyl sites for hydroxylation is 1. The number of thioether (sulfide) groups is 1. The quantitative estimate of drug-likeness (QED) is 0.349. The van der Waals surface area contributed by atoms with Crippen molar-refractivity contribution in [3.05, 3.63) is 83.7 Å². The van der Waals surface area contributed by atoms with Crippen LogP contribution in [-0.2, 0) is 5.75 Å². The summed E-state index contributed by atoms with van der Waals surface area (Å²) in [6, 6.07) is 20.5. The first kappa shape index (κ1) is 20.9. The normalized spacial score (nSPS) is 10.8. The molecule has 0 fully saturated rings. The van der Waals surface area contributed by atoms with E-state index in [1.165, 1.54) is 17.8 Å². The minimum atomic E-state index is -0.227. The van der Waals surface area contributed by atoms with Gasteiger partial charge in [0.15, 0.2) is 11.0 Å². The molecule has 1 heterocycles. The molecule has 1 aromatic heterocycles. The van der Waals surface area contributed by atoms with Gasteiger partial charge in [-0.2, -0.15) is 0 Å². The third-order valence-corrected chi connectivity index (χ3v) is 5.80. The maximum absolute atomic E-state index is 14.1. The molecule has 0 radical (unpaired) electrons. The van der Waals surface area contributed by atoms with Crippen LogP contribution in [0.3, 0.4) is 0 Å². The lowest BCUT2D eigenvalue weighted by Gasteiger charge is -2.13. The Bertz CT molecular complexity index is 1190. The van der Waals surface area contributed by atoms with Gasteiger partial charge < -0.3 is 9.47 Å². The highest BCUT2D eigenvalue weighted by molar-refractivity contribution is 7.98. The summed E-state index contributed by atoms with van der Waals surface area (Å²) in [5.41, 5.74) is 3.47.